The number of nitrogens with zero attached hydrogens (tertiary/aromatic N) is 1. The van der Waals surface area contributed by atoms with Gasteiger partial charge in [0.15, 0.2) is 0 Å². The number of furan rings is 1. The summed E-state index contributed by atoms with van der Waals surface area (Å²) in [4.78, 5) is 24.2. The number of urea groups is 1. The molecule has 1 fully saturated rings. The molecule has 0 bridgehead atoms. The van der Waals surface area contributed by atoms with Crippen LogP contribution in [-0.2, 0) is 4.79 Å². The molecule has 1 aliphatic heterocycles. The summed E-state index contributed by atoms with van der Waals surface area (Å²) in [6.07, 6.45) is 0.124. The largest absolute Gasteiger partial charge is 0.481 e. The summed E-state index contributed by atoms with van der Waals surface area (Å²) in [6.45, 7) is 6.67. The van der Waals surface area contributed by atoms with E-state index in [9.17, 15) is 9.59 Å². The van der Waals surface area contributed by atoms with E-state index in [1.54, 1.807) is 4.90 Å². The topological polar surface area (TPSA) is 82.8 Å². The number of aliphatic carboxylic acids is 1. The Morgan fingerprint density at radius 3 is 2.65 bits per heavy atom. The van der Waals surface area contributed by atoms with Gasteiger partial charge in [-0.2, -0.15) is 0 Å². The van der Waals surface area contributed by atoms with Crippen LogP contribution in [0.25, 0.3) is 0 Å². The van der Waals surface area contributed by atoms with Gasteiger partial charge in [-0.1, -0.05) is 0 Å². The number of likely N-dealkylation sites (tertiary alicyclic amines) is 1. The van der Waals surface area contributed by atoms with Crippen LogP contribution in [0.4, 0.5) is 4.79 Å². The van der Waals surface area contributed by atoms with E-state index in [-0.39, 0.29) is 24.4 Å². The molecule has 1 unspecified atom stereocenters. The minimum atomic E-state index is -0.812. The molecule has 1 saturated heterocycles. The maximum Gasteiger partial charge on any atom is 0.317 e. The molecule has 2 N–H and O–H groups in total. The van der Waals surface area contributed by atoms with Gasteiger partial charge in [-0.25, -0.2) is 4.79 Å². The molecular weight excluding hydrogens is 260 g/mol. The molecule has 6 nitrogen and oxygen atoms in total. The minimum absolute atomic E-state index is 0.0754. The van der Waals surface area contributed by atoms with Crippen molar-refractivity contribution >= 4 is 12.0 Å². The van der Waals surface area contributed by atoms with E-state index in [2.05, 4.69) is 5.32 Å². The summed E-state index contributed by atoms with van der Waals surface area (Å²) in [5.74, 6) is 0.895. The van der Waals surface area contributed by atoms with E-state index in [4.69, 9.17) is 9.52 Å². The Bertz CT molecular complexity index is 517. The lowest BCUT2D eigenvalue weighted by Gasteiger charge is -2.39. The van der Waals surface area contributed by atoms with Crippen molar-refractivity contribution in [1.29, 1.82) is 0 Å². The van der Waals surface area contributed by atoms with Gasteiger partial charge in [-0.3, -0.25) is 4.79 Å². The third-order valence-electron chi connectivity index (χ3n) is 3.59. The van der Waals surface area contributed by atoms with Crippen LogP contribution in [0.15, 0.2) is 10.5 Å². The Hall–Kier alpha value is -1.98. The molecule has 0 saturated carbocycles. The van der Waals surface area contributed by atoms with Crippen molar-refractivity contribution in [2.45, 2.75) is 33.2 Å². The van der Waals surface area contributed by atoms with Crippen LogP contribution in [0.1, 0.15) is 36.5 Å². The van der Waals surface area contributed by atoms with Crippen molar-refractivity contribution in [2.24, 2.45) is 5.92 Å². The van der Waals surface area contributed by atoms with Crippen LogP contribution in [0.3, 0.4) is 0 Å². The first-order valence-electron chi connectivity index (χ1n) is 6.71. The molecule has 2 heterocycles. The van der Waals surface area contributed by atoms with Gasteiger partial charge in [0.25, 0.3) is 0 Å². The lowest BCUT2D eigenvalue weighted by atomic mass is 9.97. The third-order valence-corrected chi connectivity index (χ3v) is 3.59. The van der Waals surface area contributed by atoms with Crippen molar-refractivity contribution in [2.75, 3.05) is 13.1 Å². The Morgan fingerprint density at radius 2 is 2.15 bits per heavy atom. The van der Waals surface area contributed by atoms with E-state index in [0.717, 1.165) is 17.1 Å². The highest BCUT2D eigenvalue weighted by Gasteiger charge is 2.32. The number of carbonyl (C=O) groups excluding carboxylic acids is 1. The molecule has 0 aromatic carbocycles. The van der Waals surface area contributed by atoms with E-state index in [1.807, 2.05) is 26.8 Å². The molecule has 1 atom stereocenters. The van der Waals surface area contributed by atoms with Gasteiger partial charge in [0.1, 0.15) is 11.5 Å². The van der Waals surface area contributed by atoms with Crippen LogP contribution in [0, 0.1) is 19.8 Å². The second kappa shape index (κ2) is 5.56. The molecule has 6 heteroatoms. The molecule has 1 aromatic rings. The van der Waals surface area contributed by atoms with E-state index in [1.165, 1.54) is 0 Å². The standard InChI is InChI=1S/C14H20N2O4/c1-8-4-12(10(3)20-8)9(2)15-14(19)16-6-11(7-16)5-13(17)18/h4,9,11H,5-7H2,1-3H3,(H,15,19)(H,17,18). The van der Waals surface area contributed by atoms with Crippen LogP contribution in [0.5, 0.6) is 0 Å². The number of carbonyl (C=O) groups is 2. The predicted molar refractivity (Wildman–Crippen MR) is 72.4 cm³/mol. The Labute approximate surface area is 117 Å². The highest BCUT2D eigenvalue weighted by Crippen LogP contribution is 2.23. The fourth-order valence-electron chi connectivity index (χ4n) is 2.55. The van der Waals surface area contributed by atoms with Crippen molar-refractivity contribution in [3.63, 3.8) is 0 Å². The molecule has 1 aromatic heterocycles. The van der Waals surface area contributed by atoms with E-state index >= 15 is 0 Å². The average Bonchev–Trinajstić information content (AvgIpc) is 2.62. The number of aryl methyl sites for hydroxylation is 2. The molecule has 0 radical (unpaired) electrons. The number of hydrogen-bond acceptors (Lipinski definition) is 3. The normalized spacial score (nSPS) is 16.6. The molecule has 2 rings (SSSR count). The zero-order valence-electron chi connectivity index (χ0n) is 12.0. The highest BCUT2D eigenvalue weighted by molar-refractivity contribution is 5.76. The fraction of sp³-hybridized carbons (Fsp3) is 0.571. The minimum Gasteiger partial charge on any atom is -0.481 e. The van der Waals surface area contributed by atoms with Crippen molar-refractivity contribution in [1.82, 2.24) is 10.2 Å². The van der Waals surface area contributed by atoms with Gasteiger partial charge < -0.3 is 19.7 Å². The first-order chi connectivity index (χ1) is 9.36. The Kier molecular flexibility index (Phi) is 4.01. The molecule has 2 amide bonds. The van der Waals surface area contributed by atoms with Crippen LogP contribution in [0.2, 0.25) is 0 Å². The summed E-state index contributed by atoms with van der Waals surface area (Å²) in [5.41, 5.74) is 0.971. The lowest BCUT2D eigenvalue weighted by Crippen LogP contribution is -2.54. The molecule has 0 spiro atoms. The zero-order valence-corrected chi connectivity index (χ0v) is 12.0. The van der Waals surface area contributed by atoms with E-state index < -0.39 is 5.97 Å². The molecule has 1 aliphatic rings. The predicted octanol–water partition coefficient (Wildman–Crippen LogP) is 2.07. The Morgan fingerprint density at radius 1 is 1.50 bits per heavy atom. The Balaban J connectivity index is 1.84. The van der Waals surface area contributed by atoms with Gasteiger partial charge in [-0.05, 0) is 26.8 Å². The van der Waals surface area contributed by atoms with Crippen LogP contribution < -0.4 is 5.32 Å². The van der Waals surface area contributed by atoms with Gasteiger partial charge >= 0.3 is 12.0 Å². The van der Waals surface area contributed by atoms with Gasteiger partial charge in [0, 0.05) is 24.6 Å². The number of carboxylic acid groups (broad SMARTS) is 1. The van der Waals surface area contributed by atoms with Crippen molar-refractivity contribution < 1.29 is 19.1 Å². The van der Waals surface area contributed by atoms with Crippen molar-refractivity contribution in [3.05, 3.63) is 23.2 Å². The summed E-state index contributed by atoms with van der Waals surface area (Å²) in [5, 5.41) is 11.6. The SMILES string of the molecule is Cc1cc(C(C)NC(=O)N2CC(CC(=O)O)C2)c(C)o1. The third kappa shape index (κ3) is 3.12. The molecular formula is C14H20N2O4. The monoisotopic (exact) mass is 280 g/mol. The average molecular weight is 280 g/mol. The second-order valence-corrected chi connectivity index (χ2v) is 5.41. The molecule has 110 valence electrons. The van der Waals surface area contributed by atoms with Crippen molar-refractivity contribution in [3.8, 4) is 0 Å². The molecule has 0 aliphatic carbocycles. The number of rotatable bonds is 4. The van der Waals surface area contributed by atoms with Gasteiger partial charge in [0.2, 0.25) is 0 Å². The number of carboxylic acids is 1. The van der Waals surface area contributed by atoms with Crippen LogP contribution >= 0.6 is 0 Å². The van der Waals surface area contributed by atoms with E-state index in [0.29, 0.717) is 13.1 Å². The second-order valence-electron chi connectivity index (χ2n) is 5.41. The maximum atomic E-state index is 12.0. The molecule has 20 heavy (non-hydrogen) atoms. The van der Waals surface area contributed by atoms with Gasteiger partial charge in [-0.15, -0.1) is 0 Å². The zero-order chi connectivity index (χ0) is 14.9. The van der Waals surface area contributed by atoms with Gasteiger partial charge in [0.05, 0.1) is 12.5 Å². The number of amides is 2. The summed E-state index contributed by atoms with van der Waals surface area (Å²) < 4.78 is 5.45. The smallest absolute Gasteiger partial charge is 0.317 e. The quantitative estimate of drug-likeness (QED) is 0.884. The van der Waals surface area contributed by atoms with Crippen LogP contribution in [-0.4, -0.2) is 35.1 Å². The summed E-state index contributed by atoms with van der Waals surface area (Å²) >= 11 is 0. The fourth-order valence-corrected chi connectivity index (χ4v) is 2.55. The lowest BCUT2D eigenvalue weighted by molar-refractivity contribution is -0.139. The number of hydrogen-bond donors (Lipinski definition) is 2. The first-order valence-corrected chi connectivity index (χ1v) is 6.71. The summed E-state index contributed by atoms with van der Waals surface area (Å²) in [6, 6.07) is 1.64. The highest BCUT2D eigenvalue weighted by atomic mass is 16.4. The first kappa shape index (κ1) is 14.4. The number of nitrogens with one attached hydrogen (secondary N) is 1. The summed E-state index contributed by atoms with van der Waals surface area (Å²) in [7, 11) is 0. The maximum absolute atomic E-state index is 12.0.